The van der Waals surface area contributed by atoms with Crippen molar-refractivity contribution < 1.29 is 5.11 Å². The van der Waals surface area contributed by atoms with Crippen LogP contribution in [0, 0.1) is 6.92 Å². The van der Waals surface area contributed by atoms with Crippen molar-refractivity contribution in [3.05, 3.63) is 28.3 Å². The zero-order chi connectivity index (χ0) is 8.43. The maximum atomic E-state index is 9.19. The Morgan fingerprint density at radius 1 is 1.45 bits per heavy atom. The normalized spacial score (nSPS) is 10.1. The third-order valence-electron chi connectivity index (χ3n) is 1.70. The lowest BCUT2D eigenvalue weighted by Crippen LogP contribution is -1.85. The number of aryl methyl sites for hydroxylation is 2. The zero-order valence-corrected chi connectivity index (χ0v) is 7.44. The van der Waals surface area contributed by atoms with E-state index in [2.05, 4.69) is 0 Å². The summed E-state index contributed by atoms with van der Waals surface area (Å²) in [6.07, 6.45) is 0.855. The first-order chi connectivity index (χ1) is 5.15. The molecule has 0 spiro atoms. The summed E-state index contributed by atoms with van der Waals surface area (Å²) in [6, 6.07) is 3.37. The van der Waals surface area contributed by atoms with Gasteiger partial charge in [-0.15, -0.1) is 0 Å². The second kappa shape index (κ2) is 3.14. The van der Waals surface area contributed by atoms with Gasteiger partial charge in [0.1, 0.15) is 5.75 Å². The van der Waals surface area contributed by atoms with Gasteiger partial charge in [-0.05, 0) is 36.6 Å². The summed E-state index contributed by atoms with van der Waals surface area (Å²) in [5.74, 6) is 0.295. The average molecular weight is 171 g/mol. The van der Waals surface area contributed by atoms with E-state index >= 15 is 0 Å². The maximum Gasteiger partial charge on any atom is 0.116 e. The molecular weight excluding hydrogens is 160 g/mol. The van der Waals surface area contributed by atoms with E-state index in [1.165, 1.54) is 0 Å². The highest BCUT2D eigenvalue weighted by molar-refractivity contribution is 6.32. The molecule has 1 rings (SSSR count). The second-order valence-electron chi connectivity index (χ2n) is 2.59. The van der Waals surface area contributed by atoms with Crippen molar-refractivity contribution in [2.24, 2.45) is 0 Å². The molecule has 0 aliphatic carbocycles. The van der Waals surface area contributed by atoms with Crippen LogP contribution in [0.2, 0.25) is 5.02 Å². The molecule has 0 fully saturated rings. The molecule has 0 radical (unpaired) electrons. The van der Waals surface area contributed by atoms with Crippen LogP contribution in [-0.4, -0.2) is 5.11 Å². The molecule has 0 unspecified atom stereocenters. The number of phenols is 1. The van der Waals surface area contributed by atoms with Gasteiger partial charge in [-0.25, -0.2) is 0 Å². The molecule has 11 heavy (non-hydrogen) atoms. The van der Waals surface area contributed by atoms with Gasteiger partial charge in [0.2, 0.25) is 0 Å². The van der Waals surface area contributed by atoms with Crippen LogP contribution >= 0.6 is 11.6 Å². The highest BCUT2D eigenvalue weighted by Gasteiger charge is 2.02. The van der Waals surface area contributed by atoms with Crippen LogP contribution in [-0.2, 0) is 6.42 Å². The van der Waals surface area contributed by atoms with Crippen molar-refractivity contribution in [3.8, 4) is 5.75 Å². The number of benzene rings is 1. The summed E-state index contributed by atoms with van der Waals surface area (Å²) < 4.78 is 0. The molecule has 1 aromatic rings. The standard InChI is InChI=1S/C9H11ClO/c1-3-7-5-8(11)4-6(2)9(7)10/h4-5,11H,3H2,1-2H3. The monoisotopic (exact) mass is 170 g/mol. The topological polar surface area (TPSA) is 20.2 Å². The van der Waals surface area contributed by atoms with E-state index in [9.17, 15) is 5.11 Å². The van der Waals surface area contributed by atoms with E-state index < -0.39 is 0 Å². The van der Waals surface area contributed by atoms with Gasteiger partial charge in [-0.1, -0.05) is 18.5 Å². The lowest BCUT2D eigenvalue weighted by molar-refractivity contribution is 0.474. The number of phenolic OH excluding ortho intramolecular Hbond substituents is 1. The summed E-state index contributed by atoms with van der Waals surface area (Å²) in [6.45, 7) is 3.90. The van der Waals surface area contributed by atoms with Gasteiger partial charge < -0.3 is 5.11 Å². The zero-order valence-electron chi connectivity index (χ0n) is 6.69. The van der Waals surface area contributed by atoms with E-state index in [-0.39, 0.29) is 0 Å². The Bertz CT molecular complexity index is 269. The summed E-state index contributed by atoms with van der Waals surface area (Å²) in [4.78, 5) is 0. The van der Waals surface area contributed by atoms with E-state index in [1.807, 2.05) is 13.8 Å². The molecule has 1 N–H and O–H groups in total. The minimum absolute atomic E-state index is 0.295. The van der Waals surface area contributed by atoms with Gasteiger partial charge in [0.25, 0.3) is 0 Å². The Labute approximate surface area is 71.6 Å². The van der Waals surface area contributed by atoms with Crippen LogP contribution in [0.3, 0.4) is 0 Å². The van der Waals surface area contributed by atoms with Gasteiger partial charge in [0.15, 0.2) is 0 Å². The summed E-state index contributed by atoms with van der Waals surface area (Å²) in [5, 5.41) is 9.96. The molecule has 0 aromatic heterocycles. The van der Waals surface area contributed by atoms with Crippen LogP contribution in [0.15, 0.2) is 12.1 Å². The Balaban J connectivity index is 3.24. The van der Waals surface area contributed by atoms with Crippen LogP contribution in [0.1, 0.15) is 18.1 Å². The fourth-order valence-corrected chi connectivity index (χ4v) is 1.32. The first kappa shape index (κ1) is 8.41. The highest BCUT2D eigenvalue weighted by Crippen LogP contribution is 2.25. The number of halogens is 1. The van der Waals surface area contributed by atoms with E-state index in [0.717, 1.165) is 22.6 Å². The van der Waals surface area contributed by atoms with Crippen molar-refractivity contribution in [2.75, 3.05) is 0 Å². The molecule has 0 atom stereocenters. The average Bonchev–Trinajstić information content (AvgIpc) is 1.96. The van der Waals surface area contributed by atoms with E-state index in [1.54, 1.807) is 12.1 Å². The molecule has 1 aromatic carbocycles. The number of hydrogen-bond donors (Lipinski definition) is 1. The SMILES string of the molecule is CCc1cc(O)cc(C)c1Cl. The van der Waals surface area contributed by atoms with E-state index in [0.29, 0.717) is 5.75 Å². The fraction of sp³-hybridized carbons (Fsp3) is 0.333. The lowest BCUT2D eigenvalue weighted by atomic mass is 10.1. The largest absolute Gasteiger partial charge is 0.508 e. The molecule has 60 valence electrons. The Morgan fingerprint density at radius 2 is 2.09 bits per heavy atom. The van der Waals surface area contributed by atoms with Crippen LogP contribution < -0.4 is 0 Å². The van der Waals surface area contributed by atoms with Gasteiger partial charge in [0, 0.05) is 5.02 Å². The van der Waals surface area contributed by atoms with Crippen molar-refractivity contribution in [1.82, 2.24) is 0 Å². The Hall–Kier alpha value is -0.690. The van der Waals surface area contributed by atoms with E-state index in [4.69, 9.17) is 11.6 Å². The smallest absolute Gasteiger partial charge is 0.116 e. The first-order valence-corrected chi connectivity index (χ1v) is 4.01. The lowest BCUT2D eigenvalue weighted by Gasteiger charge is -2.04. The second-order valence-corrected chi connectivity index (χ2v) is 2.97. The van der Waals surface area contributed by atoms with Crippen molar-refractivity contribution in [1.29, 1.82) is 0 Å². The van der Waals surface area contributed by atoms with Crippen LogP contribution in [0.5, 0.6) is 5.75 Å². The molecule has 0 aliphatic rings. The predicted octanol–water partition coefficient (Wildman–Crippen LogP) is 2.92. The predicted molar refractivity (Wildman–Crippen MR) is 47.2 cm³/mol. The molecular formula is C9H11ClO. The van der Waals surface area contributed by atoms with Gasteiger partial charge >= 0.3 is 0 Å². The number of rotatable bonds is 1. The van der Waals surface area contributed by atoms with Crippen molar-refractivity contribution >= 4 is 11.6 Å². The first-order valence-electron chi connectivity index (χ1n) is 3.63. The highest BCUT2D eigenvalue weighted by atomic mass is 35.5. The number of aromatic hydroxyl groups is 1. The summed E-state index contributed by atoms with van der Waals surface area (Å²) in [7, 11) is 0. The van der Waals surface area contributed by atoms with Crippen molar-refractivity contribution in [2.45, 2.75) is 20.3 Å². The van der Waals surface area contributed by atoms with Crippen LogP contribution in [0.4, 0.5) is 0 Å². The van der Waals surface area contributed by atoms with Gasteiger partial charge in [-0.2, -0.15) is 0 Å². The van der Waals surface area contributed by atoms with Gasteiger partial charge in [0.05, 0.1) is 0 Å². The molecule has 2 heteroatoms. The maximum absolute atomic E-state index is 9.19. The molecule has 0 bridgehead atoms. The summed E-state index contributed by atoms with van der Waals surface area (Å²) >= 11 is 5.95. The minimum atomic E-state index is 0.295. The molecule has 0 amide bonds. The molecule has 0 heterocycles. The third-order valence-corrected chi connectivity index (χ3v) is 2.24. The molecule has 0 saturated heterocycles. The molecule has 1 nitrogen and oxygen atoms in total. The fourth-order valence-electron chi connectivity index (χ4n) is 1.08. The van der Waals surface area contributed by atoms with Crippen molar-refractivity contribution in [3.63, 3.8) is 0 Å². The Morgan fingerprint density at radius 3 is 2.64 bits per heavy atom. The third kappa shape index (κ3) is 1.66. The number of hydrogen-bond acceptors (Lipinski definition) is 1. The molecule has 0 aliphatic heterocycles. The minimum Gasteiger partial charge on any atom is -0.508 e. The molecule has 0 saturated carbocycles. The van der Waals surface area contributed by atoms with Gasteiger partial charge in [-0.3, -0.25) is 0 Å². The quantitative estimate of drug-likeness (QED) is 0.687. The van der Waals surface area contributed by atoms with Crippen LogP contribution in [0.25, 0.3) is 0 Å². The Kier molecular flexibility index (Phi) is 2.40. The summed E-state index contributed by atoms with van der Waals surface area (Å²) in [5.41, 5.74) is 1.94.